The molecule has 0 radical (unpaired) electrons. The van der Waals surface area contributed by atoms with Gasteiger partial charge in [0.2, 0.25) is 0 Å². The van der Waals surface area contributed by atoms with Crippen molar-refractivity contribution in [1.29, 1.82) is 5.26 Å². The van der Waals surface area contributed by atoms with Crippen molar-refractivity contribution in [3.05, 3.63) is 62.0 Å². The van der Waals surface area contributed by atoms with Gasteiger partial charge in [-0.2, -0.15) is 5.26 Å². The van der Waals surface area contributed by atoms with Crippen LogP contribution in [0.2, 0.25) is 0 Å². The molecular weight excluding hydrogens is 545 g/mol. The van der Waals surface area contributed by atoms with Gasteiger partial charge >= 0.3 is 0 Å². The second-order valence-corrected chi connectivity index (χ2v) is 12.0. The van der Waals surface area contributed by atoms with Crippen molar-refractivity contribution in [2.24, 2.45) is 13.0 Å². The maximum atomic E-state index is 13.5. The van der Waals surface area contributed by atoms with Gasteiger partial charge < -0.3 is 9.80 Å². The van der Waals surface area contributed by atoms with Crippen LogP contribution in [0, 0.1) is 30.0 Å². The molecule has 2 fully saturated rings. The molecule has 2 aliphatic rings. The largest absolute Gasteiger partial charge is 0.368 e. The Balaban J connectivity index is 1.66. The fourth-order valence-corrected chi connectivity index (χ4v) is 6.64. The van der Waals surface area contributed by atoms with Gasteiger partial charge in [0.1, 0.15) is 27.6 Å². The molecule has 0 bridgehead atoms. The van der Waals surface area contributed by atoms with Gasteiger partial charge in [-0.25, -0.2) is 4.39 Å². The molecule has 2 saturated heterocycles. The average Bonchev–Trinajstić information content (AvgIpc) is 3.22. The zero-order chi connectivity index (χ0) is 29.0. The van der Waals surface area contributed by atoms with Crippen LogP contribution in [0.4, 0.5) is 15.9 Å². The number of unbranched alkanes of at least 4 members (excludes halogenated alkanes) is 1. The van der Waals surface area contributed by atoms with Crippen molar-refractivity contribution < 1.29 is 9.18 Å². The van der Waals surface area contributed by atoms with Crippen LogP contribution in [0.5, 0.6) is 0 Å². The summed E-state index contributed by atoms with van der Waals surface area (Å²) in [6.45, 7) is 9.27. The van der Waals surface area contributed by atoms with Gasteiger partial charge in [0.05, 0.1) is 4.91 Å². The topological polar surface area (TPSA) is 72.6 Å². The zero-order valence-corrected chi connectivity index (χ0v) is 25.2. The van der Waals surface area contributed by atoms with Gasteiger partial charge in [-0.3, -0.25) is 19.1 Å². The average molecular weight is 582 g/mol. The van der Waals surface area contributed by atoms with Crippen LogP contribution in [-0.4, -0.2) is 52.4 Å². The summed E-state index contributed by atoms with van der Waals surface area (Å²) >= 11 is 6.90. The molecule has 1 aromatic carbocycles. The Labute approximate surface area is 245 Å². The molecule has 212 valence electrons. The number of hydrogen-bond donors (Lipinski definition) is 0. The van der Waals surface area contributed by atoms with Gasteiger partial charge in [0.15, 0.2) is 0 Å². The summed E-state index contributed by atoms with van der Waals surface area (Å²) in [6, 6.07) is 8.51. The molecule has 2 aromatic rings. The van der Waals surface area contributed by atoms with Crippen molar-refractivity contribution >= 4 is 51.8 Å². The molecule has 1 atom stereocenters. The third-order valence-electron chi connectivity index (χ3n) is 7.87. The zero-order valence-electron chi connectivity index (χ0n) is 23.6. The van der Waals surface area contributed by atoms with Crippen LogP contribution < -0.4 is 15.4 Å². The Morgan fingerprint density at radius 2 is 1.77 bits per heavy atom. The van der Waals surface area contributed by atoms with Crippen LogP contribution in [0.25, 0.3) is 6.08 Å². The summed E-state index contributed by atoms with van der Waals surface area (Å²) in [6.07, 6.45) is 6.08. The summed E-state index contributed by atoms with van der Waals surface area (Å²) < 4.78 is 15.5. The van der Waals surface area contributed by atoms with E-state index in [1.807, 2.05) is 6.08 Å². The number of thioether (sulfide) groups is 1. The molecule has 0 saturated carbocycles. The Morgan fingerprint density at radius 3 is 2.38 bits per heavy atom. The van der Waals surface area contributed by atoms with E-state index in [0.717, 1.165) is 31.4 Å². The Kier molecular flexibility index (Phi) is 9.69. The van der Waals surface area contributed by atoms with E-state index in [9.17, 15) is 19.2 Å². The van der Waals surface area contributed by atoms with Crippen LogP contribution in [-0.2, 0) is 11.8 Å². The molecule has 4 rings (SSSR count). The van der Waals surface area contributed by atoms with Crippen molar-refractivity contribution in [3.8, 4) is 6.07 Å². The van der Waals surface area contributed by atoms with Crippen molar-refractivity contribution in [1.82, 2.24) is 9.47 Å². The molecule has 0 spiro atoms. The number of thiocarbonyl (C=S) groups is 1. The second kappa shape index (κ2) is 13.0. The minimum Gasteiger partial charge on any atom is -0.368 e. The number of piperazine rings is 1. The summed E-state index contributed by atoms with van der Waals surface area (Å²) in [4.78, 5) is 33.2. The lowest BCUT2D eigenvalue weighted by Crippen LogP contribution is -2.48. The number of halogens is 1. The third kappa shape index (κ3) is 6.11. The molecule has 40 heavy (non-hydrogen) atoms. The molecule has 0 aliphatic carbocycles. The molecular formula is C30H36FN5O2S2. The molecule has 10 heteroatoms. The van der Waals surface area contributed by atoms with Crippen molar-refractivity contribution in [2.75, 3.05) is 42.5 Å². The summed E-state index contributed by atoms with van der Waals surface area (Å²) in [7, 11) is 1.67. The number of nitrogens with zero attached hydrogens (tertiary/aromatic N) is 5. The Bertz CT molecular complexity index is 1410. The first-order valence-electron chi connectivity index (χ1n) is 13.8. The Hall–Kier alpha value is -3.16. The number of carbonyl (C=O) groups excluding carboxylic acids is 1. The fraction of sp³-hybridized carbons (Fsp3) is 0.467. The summed E-state index contributed by atoms with van der Waals surface area (Å²) in [5.41, 5.74) is 1.90. The highest BCUT2D eigenvalue weighted by Crippen LogP contribution is 2.37. The number of hydrogen-bond acceptors (Lipinski definition) is 7. The maximum absolute atomic E-state index is 13.5. The van der Waals surface area contributed by atoms with E-state index in [4.69, 9.17) is 12.2 Å². The van der Waals surface area contributed by atoms with Crippen LogP contribution >= 0.6 is 24.0 Å². The van der Waals surface area contributed by atoms with E-state index in [2.05, 4.69) is 29.7 Å². The lowest BCUT2D eigenvalue weighted by atomic mass is 9.99. The maximum Gasteiger partial charge on any atom is 0.270 e. The minimum atomic E-state index is -0.359. The van der Waals surface area contributed by atoms with Gasteiger partial charge in [-0.1, -0.05) is 57.1 Å². The van der Waals surface area contributed by atoms with Gasteiger partial charge in [-0.05, 0) is 55.2 Å². The first-order chi connectivity index (χ1) is 19.2. The molecule has 1 unspecified atom stereocenters. The number of carbonyl (C=O) groups is 1. The Morgan fingerprint density at radius 1 is 1.12 bits per heavy atom. The van der Waals surface area contributed by atoms with E-state index in [1.54, 1.807) is 31.0 Å². The number of aromatic nitrogens is 1. The van der Waals surface area contributed by atoms with Gasteiger partial charge in [0.25, 0.3) is 11.5 Å². The lowest BCUT2D eigenvalue weighted by Gasteiger charge is -2.38. The highest BCUT2D eigenvalue weighted by molar-refractivity contribution is 8.26. The summed E-state index contributed by atoms with van der Waals surface area (Å²) in [5.74, 6) is 0.676. The standard InChI is InChI=1S/C30H36FN5O2S2/c1-5-7-8-21(6-2)19-36-29(38)26(40-30(36)39)17-24-20(3)25(18-32)28(37)33(4)27(24)35-15-13-34(14-16-35)23-11-9-22(31)10-12-23/h9-12,17,21H,5-8,13-16,19H2,1-4H3. The molecule has 0 N–H and O–H groups in total. The summed E-state index contributed by atoms with van der Waals surface area (Å²) in [5, 5.41) is 9.79. The number of anilines is 2. The van der Waals surface area contributed by atoms with E-state index in [-0.39, 0.29) is 22.8 Å². The minimum absolute atomic E-state index is 0.0727. The first-order valence-corrected chi connectivity index (χ1v) is 15.1. The van der Waals surface area contributed by atoms with Gasteiger partial charge in [-0.15, -0.1) is 0 Å². The molecule has 2 aliphatic heterocycles. The molecule has 1 aromatic heterocycles. The monoisotopic (exact) mass is 581 g/mol. The second-order valence-electron chi connectivity index (χ2n) is 10.4. The third-order valence-corrected chi connectivity index (χ3v) is 9.25. The van der Waals surface area contributed by atoms with Crippen LogP contribution in [0.3, 0.4) is 0 Å². The highest BCUT2D eigenvalue weighted by Gasteiger charge is 2.34. The number of nitriles is 1. The smallest absolute Gasteiger partial charge is 0.270 e. The van der Waals surface area contributed by atoms with E-state index >= 15 is 0 Å². The lowest BCUT2D eigenvalue weighted by molar-refractivity contribution is -0.122. The van der Waals surface area contributed by atoms with Crippen LogP contribution in [0.1, 0.15) is 56.2 Å². The van der Waals surface area contributed by atoms with E-state index in [1.165, 1.54) is 28.5 Å². The van der Waals surface area contributed by atoms with Crippen LogP contribution in [0.15, 0.2) is 34.0 Å². The van der Waals surface area contributed by atoms with Crippen molar-refractivity contribution in [3.63, 3.8) is 0 Å². The predicted octanol–water partition coefficient (Wildman–Crippen LogP) is 5.45. The number of amides is 1. The molecule has 1 amide bonds. The molecule has 3 heterocycles. The number of rotatable bonds is 9. The van der Waals surface area contributed by atoms with Crippen molar-refractivity contribution in [2.45, 2.75) is 46.5 Å². The molecule has 7 nitrogen and oxygen atoms in total. The van der Waals surface area contributed by atoms with E-state index < -0.39 is 0 Å². The number of pyridine rings is 1. The highest BCUT2D eigenvalue weighted by atomic mass is 32.2. The first kappa shape index (κ1) is 29.8. The predicted molar refractivity (Wildman–Crippen MR) is 165 cm³/mol. The van der Waals surface area contributed by atoms with Gasteiger partial charge in [0, 0.05) is 51.0 Å². The van der Waals surface area contributed by atoms with E-state index in [0.29, 0.717) is 64.8 Å². The normalized spacial score (nSPS) is 17.6. The SMILES string of the molecule is CCCCC(CC)CN1C(=O)C(=Cc2c(C)c(C#N)c(=O)n(C)c2N2CCN(c3ccc(F)cc3)CC2)SC1=S. The number of benzene rings is 1. The fourth-order valence-electron chi connectivity index (χ4n) is 5.39. The quantitative estimate of drug-likeness (QED) is 0.288.